The van der Waals surface area contributed by atoms with Crippen LogP contribution in [0.4, 0.5) is 11.4 Å². The van der Waals surface area contributed by atoms with Gasteiger partial charge in [-0.15, -0.1) is 0 Å². The first-order valence-electron chi connectivity index (χ1n) is 15.4. The number of hydrogen-bond acceptors (Lipinski definition) is 6. The standard InChI is InChI=1S/C36H46N4O2S2/c1-9-23(5)27-21-15-17-25(11-3)31(27)37-35(43-7)39-33(41)29-19-13-14-20-30(29)34(42)40-36(44-8)38-32-26(12-4)18-16-22-28(32)24(6)10-2/h13-24H,9-12H2,1-8H3,(H,37,39,41)(H,38,40,42)/t23-,24-/m0/s1. The maximum absolute atomic E-state index is 13.6. The number of amidine groups is 2. The Bertz CT molecular complexity index is 1400. The van der Waals surface area contributed by atoms with Crippen molar-refractivity contribution in [2.75, 3.05) is 12.5 Å². The van der Waals surface area contributed by atoms with E-state index in [2.05, 4.69) is 88.6 Å². The molecule has 0 saturated heterocycles. The van der Waals surface area contributed by atoms with Crippen LogP contribution in [0.5, 0.6) is 0 Å². The summed E-state index contributed by atoms with van der Waals surface area (Å²) in [6.07, 6.45) is 7.43. The van der Waals surface area contributed by atoms with Crippen LogP contribution in [-0.4, -0.2) is 34.7 Å². The van der Waals surface area contributed by atoms with Crippen LogP contribution in [0, 0.1) is 0 Å². The molecule has 3 rings (SSSR count). The third kappa shape index (κ3) is 8.63. The molecule has 0 unspecified atom stereocenters. The molecule has 2 atom stereocenters. The van der Waals surface area contributed by atoms with Gasteiger partial charge in [0.2, 0.25) is 0 Å². The van der Waals surface area contributed by atoms with Crippen molar-refractivity contribution in [3.63, 3.8) is 0 Å². The van der Waals surface area contributed by atoms with Crippen molar-refractivity contribution in [3.05, 3.63) is 94.0 Å². The van der Waals surface area contributed by atoms with E-state index in [4.69, 9.17) is 9.98 Å². The minimum absolute atomic E-state index is 0.271. The van der Waals surface area contributed by atoms with E-state index in [-0.39, 0.29) is 22.9 Å². The highest BCUT2D eigenvalue weighted by Gasteiger charge is 2.21. The molecule has 8 heteroatoms. The van der Waals surface area contributed by atoms with Gasteiger partial charge in [0.25, 0.3) is 11.8 Å². The lowest BCUT2D eigenvalue weighted by molar-refractivity contribution is 0.0944. The third-order valence-corrected chi connectivity index (χ3v) is 9.18. The monoisotopic (exact) mass is 630 g/mol. The van der Waals surface area contributed by atoms with Crippen molar-refractivity contribution in [2.24, 2.45) is 9.98 Å². The van der Waals surface area contributed by atoms with Crippen molar-refractivity contribution in [3.8, 4) is 0 Å². The van der Waals surface area contributed by atoms with E-state index >= 15 is 0 Å². The summed E-state index contributed by atoms with van der Waals surface area (Å²) in [5.74, 6) is -0.107. The number of nitrogens with zero attached hydrogens (tertiary/aromatic N) is 2. The van der Waals surface area contributed by atoms with Gasteiger partial charge in [-0.25, -0.2) is 9.98 Å². The van der Waals surface area contributed by atoms with Crippen molar-refractivity contribution >= 4 is 57.0 Å². The van der Waals surface area contributed by atoms with E-state index in [0.717, 1.165) is 59.3 Å². The van der Waals surface area contributed by atoms with Crippen LogP contribution in [0.25, 0.3) is 0 Å². The molecule has 6 nitrogen and oxygen atoms in total. The summed E-state index contributed by atoms with van der Waals surface area (Å²) < 4.78 is 0. The molecular formula is C36H46N4O2S2. The summed E-state index contributed by atoms with van der Waals surface area (Å²) in [7, 11) is 0. The first-order chi connectivity index (χ1) is 21.2. The molecule has 0 aliphatic carbocycles. The maximum Gasteiger partial charge on any atom is 0.258 e. The second-order valence-electron chi connectivity index (χ2n) is 10.7. The number of nitrogens with one attached hydrogen (secondary N) is 2. The van der Waals surface area contributed by atoms with E-state index in [1.165, 1.54) is 23.5 Å². The van der Waals surface area contributed by atoms with Crippen molar-refractivity contribution in [1.82, 2.24) is 10.6 Å². The van der Waals surface area contributed by atoms with Gasteiger partial charge in [0.1, 0.15) is 0 Å². The zero-order valence-corrected chi connectivity index (χ0v) is 28.9. The molecule has 0 bridgehead atoms. The number of amides is 2. The van der Waals surface area contributed by atoms with Gasteiger partial charge in [0.05, 0.1) is 22.5 Å². The molecular weight excluding hydrogens is 585 g/mol. The molecule has 234 valence electrons. The highest BCUT2D eigenvalue weighted by Crippen LogP contribution is 2.34. The van der Waals surface area contributed by atoms with E-state index in [1.54, 1.807) is 24.3 Å². The molecule has 44 heavy (non-hydrogen) atoms. The zero-order chi connectivity index (χ0) is 32.2. The Hall–Kier alpha value is -3.36. The lowest BCUT2D eigenvalue weighted by Crippen LogP contribution is -2.33. The number of thioether (sulfide) groups is 2. The van der Waals surface area contributed by atoms with Crippen LogP contribution in [0.3, 0.4) is 0 Å². The summed E-state index contributed by atoms with van der Waals surface area (Å²) in [6.45, 7) is 12.9. The predicted octanol–water partition coefficient (Wildman–Crippen LogP) is 9.40. The minimum atomic E-state index is -0.388. The van der Waals surface area contributed by atoms with Gasteiger partial charge in [0.15, 0.2) is 10.3 Å². The Labute approximate surface area is 272 Å². The summed E-state index contributed by atoms with van der Waals surface area (Å²) in [6, 6.07) is 19.4. The SMILES string of the molecule is CCc1cccc([C@@H](C)CC)c1N=C(NC(=O)c1ccccc1C(=O)NC(=Nc1c(CC)cccc1[C@@H](C)CC)SC)SC. The largest absolute Gasteiger partial charge is 0.301 e. The summed E-state index contributed by atoms with van der Waals surface area (Å²) in [4.78, 5) is 37.1. The molecule has 2 N–H and O–H groups in total. The van der Waals surface area contributed by atoms with Crippen molar-refractivity contribution < 1.29 is 9.59 Å². The van der Waals surface area contributed by atoms with Crippen LogP contribution in [-0.2, 0) is 12.8 Å². The van der Waals surface area contributed by atoms with Gasteiger partial charge in [0, 0.05) is 0 Å². The number of carbonyl (C=O) groups is 2. The number of rotatable bonds is 10. The predicted molar refractivity (Wildman–Crippen MR) is 192 cm³/mol. The van der Waals surface area contributed by atoms with Gasteiger partial charge in [-0.3, -0.25) is 9.59 Å². The van der Waals surface area contributed by atoms with E-state index < -0.39 is 0 Å². The Balaban J connectivity index is 1.94. The summed E-state index contributed by atoms with van der Waals surface area (Å²) in [5, 5.41) is 6.90. The molecule has 0 aliphatic rings. The average Bonchev–Trinajstić information content (AvgIpc) is 3.06. The van der Waals surface area contributed by atoms with Crippen molar-refractivity contribution in [2.45, 2.75) is 79.1 Å². The lowest BCUT2D eigenvalue weighted by atomic mass is 9.94. The van der Waals surface area contributed by atoms with Gasteiger partial charge in [-0.2, -0.15) is 0 Å². The van der Waals surface area contributed by atoms with Gasteiger partial charge >= 0.3 is 0 Å². The average molecular weight is 631 g/mol. The topological polar surface area (TPSA) is 82.9 Å². The van der Waals surface area contributed by atoms with E-state index in [1.807, 2.05) is 12.5 Å². The number of aliphatic imine (C=N–C) groups is 2. The minimum Gasteiger partial charge on any atom is -0.301 e. The summed E-state index contributed by atoms with van der Waals surface area (Å²) >= 11 is 2.74. The van der Waals surface area contributed by atoms with Gasteiger partial charge < -0.3 is 10.6 Å². The number of carbonyl (C=O) groups excluding carboxylic acids is 2. The Morgan fingerprint density at radius 3 is 1.34 bits per heavy atom. The maximum atomic E-state index is 13.6. The van der Waals surface area contributed by atoms with Crippen LogP contribution < -0.4 is 10.6 Å². The van der Waals surface area contributed by atoms with Gasteiger partial charge in [-0.05, 0) is 84.4 Å². The molecule has 0 heterocycles. The molecule has 3 aromatic carbocycles. The Morgan fingerprint density at radius 1 is 0.636 bits per heavy atom. The molecule has 0 fully saturated rings. The first kappa shape index (κ1) is 35.1. The smallest absolute Gasteiger partial charge is 0.258 e. The molecule has 2 amide bonds. The number of hydrogen-bond donors (Lipinski definition) is 2. The third-order valence-electron chi connectivity index (χ3n) is 8.02. The number of aryl methyl sites for hydroxylation is 2. The summed E-state index contributed by atoms with van der Waals surface area (Å²) in [5.41, 5.74) is 6.95. The van der Waals surface area contributed by atoms with E-state index in [9.17, 15) is 9.59 Å². The highest BCUT2D eigenvalue weighted by molar-refractivity contribution is 8.13. The lowest BCUT2D eigenvalue weighted by Gasteiger charge is -2.17. The molecule has 0 spiro atoms. The first-order valence-corrected chi connectivity index (χ1v) is 17.9. The zero-order valence-electron chi connectivity index (χ0n) is 27.3. The number of benzene rings is 3. The van der Waals surface area contributed by atoms with Crippen molar-refractivity contribution in [1.29, 1.82) is 0 Å². The van der Waals surface area contributed by atoms with Crippen LogP contribution in [0.2, 0.25) is 0 Å². The highest BCUT2D eigenvalue weighted by atomic mass is 32.2. The quantitative estimate of drug-likeness (QED) is 0.173. The molecule has 0 aromatic heterocycles. The molecule has 0 radical (unpaired) electrons. The van der Waals surface area contributed by atoms with Gasteiger partial charge in [-0.1, -0.05) is 114 Å². The fourth-order valence-corrected chi connectivity index (χ4v) is 5.72. The second-order valence-corrected chi connectivity index (χ2v) is 12.3. The number of para-hydroxylation sites is 2. The normalized spacial score (nSPS) is 13.4. The second kappa shape index (κ2) is 17.2. The fraction of sp³-hybridized carbons (Fsp3) is 0.389. The van der Waals surface area contributed by atoms with Crippen LogP contribution in [0.1, 0.15) is 109 Å². The molecule has 0 saturated carbocycles. The molecule has 0 aliphatic heterocycles. The van der Waals surface area contributed by atoms with Crippen LogP contribution in [0.15, 0.2) is 70.6 Å². The fourth-order valence-electron chi connectivity index (χ4n) is 4.96. The Kier molecular flexibility index (Phi) is 13.7. The Morgan fingerprint density at radius 2 is 1.02 bits per heavy atom. The molecule has 3 aromatic rings. The van der Waals surface area contributed by atoms with E-state index in [0.29, 0.717) is 22.2 Å². The van der Waals surface area contributed by atoms with Crippen LogP contribution >= 0.6 is 23.5 Å².